The highest BCUT2D eigenvalue weighted by Crippen LogP contribution is 2.38. The topological polar surface area (TPSA) is 36.9 Å². The maximum absolute atomic E-state index is 6.23. The van der Waals surface area contributed by atoms with Gasteiger partial charge in [0.15, 0.2) is 0 Å². The van der Waals surface area contributed by atoms with Crippen molar-refractivity contribution >= 4 is 25.2 Å². The van der Waals surface area contributed by atoms with Crippen molar-refractivity contribution in [2.45, 2.75) is 77.8 Å². The van der Waals surface area contributed by atoms with E-state index in [9.17, 15) is 0 Å². The van der Waals surface area contributed by atoms with Crippen LogP contribution in [-0.2, 0) is 18.6 Å². The Hall–Kier alpha value is -1.33. The van der Waals surface area contributed by atoms with Gasteiger partial charge in [0.2, 0.25) is 0 Å². The summed E-state index contributed by atoms with van der Waals surface area (Å²) >= 11 is 0. The Morgan fingerprint density at radius 2 is 0.929 bits per heavy atom. The summed E-state index contributed by atoms with van der Waals surface area (Å²) in [5.74, 6) is 0. The molecular formula is C22H30B2O4. The van der Waals surface area contributed by atoms with Gasteiger partial charge in [-0.2, -0.15) is 0 Å². The lowest BCUT2D eigenvalue weighted by atomic mass is 9.79. The normalized spacial score (nSPS) is 24.9. The lowest BCUT2D eigenvalue weighted by molar-refractivity contribution is 0.00578. The fourth-order valence-electron chi connectivity index (χ4n) is 3.57. The van der Waals surface area contributed by atoms with Crippen molar-refractivity contribution in [1.29, 1.82) is 0 Å². The van der Waals surface area contributed by atoms with Crippen LogP contribution in [0.1, 0.15) is 55.4 Å². The third-order valence-corrected chi connectivity index (χ3v) is 6.92. The summed E-state index contributed by atoms with van der Waals surface area (Å²) in [5, 5.41) is 0. The highest BCUT2D eigenvalue weighted by Gasteiger charge is 2.53. The number of fused-ring (bicyclic) bond motifs is 1. The number of rotatable bonds is 2. The van der Waals surface area contributed by atoms with Crippen LogP contribution in [0.2, 0.25) is 0 Å². The second-order valence-electron chi connectivity index (χ2n) is 10.0. The van der Waals surface area contributed by atoms with Gasteiger partial charge in [-0.1, -0.05) is 36.4 Å². The first-order valence-electron chi connectivity index (χ1n) is 10.1. The van der Waals surface area contributed by atoms with Crippen LogP contribution < -0.4 is 10.9 Å². The Bertz CT molecular complexity index is 843. The standard InChI is InChI=1S/C22H30B2O4/c1-19(2)20(3,4)26-23(25-19)17-11-9-10-15-12-18(14-16(15)13-17)24-27-21(5,6)22(7,8)28-24/h9-14H,1-8H3. The first-order valence-corrected chi connectivity index (χ1v) is 10.1. The van der Waals surface area contributed by atoms with Crippen LogP contribution in [0.5, 0.6) is 0 Å². The number of hydrogen-bond donors (Lipinski definition) is 0. The van der Waals surface area contributed by atoms with Crippen LogP contribution in [-0.4, -0.2) is 36.6 Å². The van der Waals surface area contributed by atoms with Crippen LogP contribution >= 0.6 is 0 Å². The Balaban J connectivity index is 1.66. The Morgan fingerprint density at radius 1 is 0.536 bits per heavy atom. The summed E-state index contributed by atoms with van der Waals surface area (Å²) in [4.78, 5) is 0. The second-order valence-corrected chi connectivity index (χ2v) is 10.0. The molecule has 28 heavy (non-hydrogen) atoms. The maximum atomic E-state index is 6.23. The summed E-state index contributed by atoms with van der Waals surface area (Å²) in [5.41, 5.74) is 2.92. The molecule has 0 radical (unpaired) electrons. The highest BCUT2D eigenvalue weighted by atomic mass is 16.7. The molecule has 0 N–H and O–H groups in total. The highest BCUT2D eigenvalue weighted by molar-refractivity contribution is 6.63. The minimum Gasteiger partial charge on any atom is -0.399 e. The van der Waals surface area contributed by atoms with Crippen molar-refractivity contribution in [1.82, 2.24) is 0 Å². The molecule has 0 bridgehead atoms. The molecule has 0 unspecified atom stereocenters. The van der Waals surface area contributed by atoms with Gasteiger partial charge >= 0.3 is 14.2 Å². The lowest BCUT2D eigenvalue weighted by Crippen LogP contribution is -2.41. The van der Waals surface area contributed by atoms with Crippen LogP contribution in [0.4, 0.5) is 0 Å². The van der Waals surface area contributed by atoms with Gasteiger partial charge in [-0.15, -0.1) is 0 Å². The average molecular weight is 380 g/mol. The zero-order valence-corrected chi connectivity index (χ0v) is 18.3. The predicted molar refractivity (Wildman–Crippen MR) is 114 cm³/mol. The zero-order chi connectivity index (χ0) is 20.5. The summed E-state index contributed by atoms with van der Waals surface area (Å²) in [6, 6.07) is 12.7. The van der Waals surface area contributed by atoms with Crippen molar-refractivity contribution in [3.8, 4) is 11.1 Å². The molecule has 0 saturated carbocycles. The molecule has 2 heterocycles. The third kappa shape index (κ3) is 3.11. The van der Waals surface area contributed by atoms with Crippen LogP contribution in [0, 0.1) is 0 Å². The molecule has 0 amide bonds. The van der Waals surface area contributed by atoms with E-state index in [4.69, 9.17) is 18.6 Å². The van der Waals surface area contributed by atoms with Crippen molar-refractivity contribution in [3.05, 3.63) is 36.4 Å². The summed E-state index contributed by atoms with van der Waals surface area (Å²) in [7, 11) is -0.737. The molecule has 148 valence electrons. The number of hydrogen-bond acceptors (Lipinski definition) is 4. The molecule has 0 aromatic rings. The van der Waals surface area contributed by atoms with Crippen LogP contribution in [0.25, 0.3) is 11.1 Å². The van der Waals surface area contributed by atoms with Gasteiger partial charge < -0.3 is 18.6 Å². The quantitative estimate of drug-likeness (QED) is 0.749. The van der Waals surface area contributed by atoms with Gasteiger partial charge in [0.05, 0.1) is 22.4 Å². The van der Waals surface area contributed by atoms with Crippen molar-refractivity contribution < 1.29 is 18.6 Å². The van der Waals surface area contributed by atoms with Crippen LogP contribution in [0.15, 0.2) is 36.4 Å². The molecule has 2 aliphatic carbocycles. The van der Waals surface area contributed by atoms with E-state index in [1.54, 1.807) is 0 Å². The van der Waals surface area contributed by atoms with Gasteiger partial charge in [-0.25, -0.2) is 0 Å². The molecular weight excluding hydrogens is 350 g/mol. The average Bonchev–Trinajstić information content (AvgIpc) is 3.04. The van der Waals surface area contributed by atoms with E-state index < -0.39 is 0 Å². The Labute approximate surface area is 169 Å². The Kier molecular flexibility index (Phi) is 4.34. The molecule has 0 aromatic carbocycles. The van der Waals surface area contributed by atoms with E-state index in [0.29, 0.717) is 0 Å². The third-order valence-electron chi connectivity index (χ3n) is 6.92. The zero-order valence-electron chi connectivity index (χ0n) is 18.3. The van der Waals surface area contributed by atoms with Gasteiger partial charge in [0, 0.05) is 0 Å². The van der Waals surface area contributed by atoms with Crippen molar-refractivity contribution in [3.63, 3.8) is 0 Å². The lowest BCUT2D eigenvalue weighted by Gasteiger charge is -2.32. The molecule has 0 atom stereocenters. The van der Waals surface area contributed by atoms with Crippen molar-refractivity contribution in [2.75, 3.05) is 0 Å². The first kappa shape index (κ1) is 20.0. The molecule has 4 nitrogen and oxygen atoms in total. The predicted octanol–water partition coefficient (Wildman–Crippen LogP) is 3.39. The summed E-state index contributed by atoms with van der Waals surface area (Å²) in [6.07, 6.45) is 0. The minimum atomic E-state index is -0.379. The molecule has 0 spiro atoms. The van der Waals surface area contributed by atoms with Gasteiger partial charge in [0.25, 0.3) is 0 Å². The summed E-state index contributed by atoms with van der Waals surface area (Å²) in [6.45, 7) is 16.6. The van der Waals surface area contributed by atoms with Gasteiger partial charge in [-0.05, 0) is 77.4 Å². The largest absolute Gasteiger partial charge is 0.494 e. The smallest absolute Gasteiger partial charge is 0.399 e. The fourth-order valence-corrected chi connectivity index (χ4v) is 3.57. The molecule has 0 aromatic heterocycles. The van der Waals surface area contributed by atoms with Crippen LogP contribution in [0.3, 0.4) is 0 Å². The van der Waals surface area contributed by atoms with Crippen molar-refractivity contribution in [2.24, 2.45) is 0 Å². The molecule has 2 fully saturated rings. The maximum Gasteiger partial charge on any atom is 0.494 e. The van der Waals surface area contributed by atoms with E-state index in [1.807, 2.05) is 0 Å². The van der Waals surface area contributed by atoms with E-state index in [-0.39, 0.29) is 36.6 Å². The molecule has 4 rings (SSSR count). The molecule has 2 aliphatic heterocycles. The molecule has 2 saturated heterocycles. The van der Waals surface area contributed by atoms with Gasteiger partial charge in [-0.3, -0.25) is 0 Å². The molecule has 6 heteroatoms. The fraction of sp³-hybridized carbons (Fsp3) is 0.545. The van der Waals surface area contributed by atoms with E-state index in [1.165, 1.54) is 0 Å². The van der Waals surface area contributed by atoms with E-state index in [2.05, 4.69) is 91.8 Å². The van der Waals surface area contributed by atoms with E-state index in [0.717, 1.165) is 22.1 Å². The molecule has 4 aliphatic rings. The Morgan fingerprint density at radius 3 is 1.43 bits per heavy atom. The SMILES string of the molecule is CC1(C)OB(c2cccc3cc(B4OC(C)(C)C(C)(C)O4)cc-3c2)OC1(C)C. The van der Waals surface area contributed by atoms with E-state index >= 15 is 0 Å². The van der Waals surface area contributed by atoms with Gasteiger partial charge in [0.1, 0.15) is 0 Å². The first-order chi connectivity index (χ1) is 12.8. The summed E-state index contributed by atoms with van der Waals surface area (Å²) < 4.78 is 24.9. The minimum absolute atomic E-state index is 0.348. The second kappa shape index (κ2) is 6.08. The monoisotopic (exact) mass is 380 g/mol.